The summed E-state index contributed by atoms with van der Waals surface area (Å²) in [7, 11) is 0. The van der Waals surface area contributed by atoms with E-state index in [4.69, 9.17) is 5.11 Å². The largest absolute Gasteiger partial charge is 0.476 e. The van der Waals surface area contributed by atoms with Crippen LogP contribution in [0.25, 0.3) is 0 Å². The molecule has 0 aliphatic carbocycles. The number of aromatic carboxylic acids is 1. The Kier molecular flexibility index (Phi) is 4.20. The lowest BCUT2D eigenvalue weighted by atomic mass is 10.4. The van der Waals surface area contributed by atoms with Crippen LogP contribution < -0.4 is 0 Å². The van der Waals surface area contributed by atoms with Gasteiger partial charge in [-0.15, -0.1) is 23.1 Å². The Labute approximate surface area is 115 Å². The molecule has 0 atom stereocenters. The molecule has 6 heteroatoms. The van der Waals surface area contributed by atoms with Crippen LogP contribution in [0.3, 0.4) is 0 Å². The van der Waals surface area contributed by atoms with Crippen LogP contribution in [0.1, 0.15) is 15.5 Å². The first-order valence-electron chi connectivity index (χ1n) is 4.71. The zero-order valence-corrected chi connectivity index (χ0v) is 11.8. The summed E-state index contributed by atoms with van der Waals surface area (Å²) < 4.78 is 1.04. The van der Waals surface area contributed by atoms with Gasteiger partial charge in [0, 0.05) is 14.7 Å². The molecule has 0 unspecified atom stereocenters. The van der Waals surface area contributed by atoms with Crippen molar-refractivity contribution in [3.05, 3.63) is 44.8 Å². The van der Waals surface area contributed by atoms with E-state index in [-0.39, 0.29) is 5.69 Å². The molecule has 2 rings (SSSR count). The Hall–Kier alpha value is -0.850. The third-order valence-electron chi connectivity index (χ3n) is 1.93. The van der Waals surface area contributed by atoms with Crippen molar-refractivity contribution >= 4 is 45.0 Å². The molecule has 0 fully saturated rings. The topological polar surface area (TPSA) is 50.2 Å². The van der Waals surface area contributed by atoms with Gasteiger partial charge in [-0.3, -0.25) is 0 Å². The minimum absolute atomic E-state index is 0.125. The number of thiazole rings is 1. The third kappa shape index (κ3) is 3.55. The van der Waals surface area contributed by atoms with Gasteiger partial charge in [-0.2, -0.15) is 0 Å². The smallest absolute Gasteiger partial charge is 0.355 e. The van der Waals surface area contributed by atoms with Gasteiger partial charge in [-0.1, -0.05) is 22.0 Å². The Morgan fingerprint density at radius 2 is 2.35 bits per heavy atom. The Morgan fingerprint density at radius 1 is 1.53 bits per heavy atom. The summed E-state index contributed by atoms with van der Waals surface area (Å²) in [5.74, 6) is -0.283. The number of rotatable bonds is 4. The highest BCUT2D eigenvalue weighted by Crippen LogP contribution is 2.26. The van der Waals surface area contributed by atoms with E-state index in [1.807, 2.05) is 24.3 Å². The standard InChI is InChI=1S/C11H8BrNO2S2/c12-7-2-1-3-8(4-7)16-6-10-13-9(5-17-10)11(14)15/h1-5H,6H2,(H,14,15). The van der Waals surface area contributed by atoms with E-state index >= 15 is 0 Å². The van der Waals surface area contributed by atoms with Gasteiger partial charge >= 0.3 is 5.97 Å². The van der Waals surface area contributed by atoms with Crippen LogP contribution in [0.5, 0.6) is 0 Å². The molecule has 0 aliphatic heterocycles. The van der Waals surface area contributed by atoms with Crippen molar-refractivity contribution in [3.8, 4) is 0 Å². The summed E-state index contributed by atoms with van der Waals surface area (Å²) in [4.78, 5) is 15.8. The SMILES string of the molecule is O=C(O)c1csc(CSc2cccc(Br)c2)n1. The molecule has 17 heavy (non-hydrogen) atoms. The van der Waals surface area contributed by atoms with Crippen LogP contribution in [0.15, 0.2) is 39.0 Å². The van der Waals surface area contributed by atoms with E-state index in [0.717, 1.165) is 14.4 Å². The highest BCUT2D eigenvalue weighted by atomic mass is 79.9. The van der Waals surface area contributed by atoms with Crippen LogP contribution in [-0.4, -0.2) is 16.1 Å². The average molecular weight is 330 g/mol. The van der Waals surface area contributed by atoms with Crippen LogP contribution >= 0.6 is 39.0 Å². The first-order valence-corrected chi connectivity index (χ1v) is 7.37. The molecule has 2 aromatic rings. The van der Waals surface area contributed by atoms with E-state index in [2.05, 4.69) is 20.9 Å². The number of carboxylic acid groups (broad SMARTS) is 1. The van der Waals surface area contributed by atoms with Gasteiger partial charge in [-0.05, 0) is 18.2 Å². The van der Waals surface area contributed by atoms with Gasteiger partial charge in [-0.25, -0.2) is 9.78 Å². The van der Waals surface area contributed by atoms with Crippen LogP contribution in [0.2, 0.25) is 0 Å². The highest BCUT2D eigenvalue weighted by molar-refractivity contribution is 9.10. The predicted molar refractivity (Wildman–Crippen MR) is 72.8 cm³/mol. The van der Waals surface area contributed by atoms with Crippen molar-refractivity contribution in [2.24, 2.45) is 0 Å². The van der Waals surface area contributed by atoms with Gasteiger partial charge in [0.2, 0.25) is 0 Å². The second-order valence-electron chi connectivity index (χ2n) is 3.18. The Balaban J connectivity index is 2.00. The number of nitrogens with zero attached hydrogens (tertiary/aromatic N) is 1. The number of thioether (sulfide) groups is 1. The van der Waals surface area contributed by atoms with Gasteiger partial charge in [0.25, 0.3) is 0 Å². The number of hydrogen-bond acceptors (Lipinski definition) is 4. The first kappa shape index (κ1) is 12.6. The van der Waals surface area contributed by atoms with Crippen LogP contribution in [0, 0.1) is 0 Å². The maximum absolute atomic E-state index is 10.7. The lowest BCUT2D eigenvalue weighted by Crippen LogP contribution is -1.96. The molecule has 1 aromatic carbocycles. The van der Waals surface area contributed by atoms with E-state index in [1.54, 1.807) is 17.1 Å². The van der Waals surface area contributed by atoms with Crippen molar-refractivity contribution in [1.29, 1.82) is 0 Å². The van der Waals surface area contributed by atoms with Crippen LogP contribution in [-0.2, 0) is 5.75 Å². The summed E-state index contributed by atoms with van der Waals surface area (Å²) in [6.45, 7) is 0. The maximum atomic E-state index is 10.7. The minimum atomic E-state index is -0.972. The molecular weight excluding hydrogens is 322 g/mol. The molecule has 88 valence electrons. The van der Waals surface area contributed by atoms with Gasteiger partial charge in [0.15, 0.2) is 5.69 Å². The summed E-state index contributed by atoms with van der Waals surface area (Å²) >= 11 is 6.42. The average Bonchev–Trinajstić information content (AvgIpc) is 2.75. The Bertz CT molecular complexity index is 542. The number of hydrogen-bond donors (Lipinski definition) is 1. The second-order valence-corrected chi connectivity index (χ2v) is 6.08. The fourth-order valence-corrected chi connectivity index (χ4v) is 3.47. The molecule has 1 heterocycles. The van der Waals surface area contributed by atoms with Gasteiger partial charge in [0.1, 0.15) is 5.01 Å². The highest BCUT2D eigenvalue weighted by Gasteiger charge is 2.08. The molecule has 3 nitrogen and oxygen atoms in total. The minimum Gasteiger partial charge on any atom is -0.476 e. The molecule has 1 N–H and O–H groups in total. The summed E-state index contributed by atoms with van der Waals surface area (Å²) in [5.41, 5.74) is 0.125. The molecule has 1 aromatic heterocycles. The summed E-state index contributed by atoms with van der Waals surface area (Å²) in [6, 6.07) is 7.98. The van der Waals surface area contributed by atoms with E-state index in [1.165, 1.54) is 11.3 Å². The quantitative estimate of drug-likeness (QED) is 0.864. The summed E-state index contributed by atoms with van der Waals surface area (Å²) in [6.07, 6.45) is 0. The van der Waals surface area contributed by atoms with Crippen molar-refractivity contribution in [1.82, 2.24) is 4.98 Å². The molecule has 0 aliphatic rings. The van der Waals surface area contributed by atoms with Crippen molar-refractivity contribution < 1.29 is 9.90 Å². The zero-order valence-electron chi connectivity index (χ0n) is 8.59. The molecule has 0 radical (unpaired) electrons. The summed E-state index contributed by atoms with van der Waals surface area (Å²) in [5, 5.41) is 11.1. The monoisotopic (exact) mass is 329 g/mol. The lowest BCUT2D eigenvalue weighted by Gasteiger charge is -1.99. The van der Waals surface area contributed by atoms with Crippen molar-refractivity contribution in [3.63, 3.8) is 0 Å². The predicted octanol–water partition coefficient (Wildman–Crippen LogP) is 3.90. The van der Waals surface area contributed by atoms with Crippen molar-refractivity contribution in [2.75, 3.05) is 0 Å². The normalized spacial score (nSPS) is 10.4. The zero-order chi connectivity index (χ0) is 12.3. The second kappa shape index (κ2) is 5.66. The van der Waals surface area contributed by atoms with E-state index in [0.29, 0.717) is 5.75 Å². The van der Waals surface area contributed by atoms with Gasteiger partial charge < -0.3 is 5.11 Å². The molecule has 0 amide bonds. The molecule has 0 bridgehead atoms. The van der Waals surface area contributed by atoms with Crippen LogP contribution in [0.4, 0.5) is 0 Å². The number of carbonyl (C=O) groups is 1. The third-order valence-corrected chi connectivity index (χ3v) is 4.46. The van der Waals surface area contributed by atoms with E-state index in [9.17, 15) is 4.79 Å². The fourth-order valence-electron chi connectivity index (χ4n) is 1.18. The van der Waals surface area contributed by atoms with E-state index < -0.39 is 5.97 Å². The maximum Gasteiger partial charge on any atom is 0.355 e. The molecule has 0 saturated carbocycles. The fraction of sp³-hybridized carbons (Fsp3) is 0.0909. The lowest BCUT2D eigenvalue weighted by molar-refractivity contribution is 0.0691. The molecule has 0 saturated heterocycles. The number of halogens is 1. The molecule has 0 spiro atoms. The molecular formula is C11H8BrNO2S2. The number of aromatic nitrogens is 1. The van der Waals surface area contributed by atoms with Gasteiger partial charge in [0.05, 0.1) is 5.75 Å². The Morgan fingerprint density at radius 3 is 3.00 bits per heavy atom. The number of carboxylic acids is 1. The van der Waals surface area contributed by atoms with Crippen molar-refractivity contribution in [2.45, 2.75) is 10.6 Å². The first-order chi connectivity index (χ1) is 8.15. The number of benzene rings is 1.